The van der Waals surface area contributed by atoms with Crippen LogP contribution in [0.25, 0.3) is 11.0 Å². The Balaban J connectivity index is 1.43. The molecule has 0 aliphatic carbocycles. The Morgan fingerprint density at radius 3 is 2.58 bits per heavy atom. The highest BCUT2D eigenvalue weighted by Crippen LogP contribution is 2.27. The van der Waals surface area contributed by atoms with Crippen molar-refractivity contribution < 1.29 is 14.4 Å². The number of nitrogens with one attached hydrogen (secondary N) is 1. The minimum Gasteiger partial charge on any atom is -0.343 e. The second-order valence-corrected chi connectivity index (χ2v) is 9.98. The Bertz CT molecular complexity index is 1560. The molecule has 0 atom stereocenters. The highest BCUT2D eigenvalue weighted by atomic mass is 16.2. The van der Waals surface area contributed by atoms with Crippen molar-refractivity contribution in [3.05, 3.63) is 102 Å². The SMILES string of the molecule is C=CCc1cccc(C(=O)Nc2nc3cc(N(C)C(=O)c4ccccc4)ccc3n2CCCN2CCCC2=O)c1. The molecule has 1 aromatic heterocycles. The Morgan fingerprint density at radius 2 is 1.82 bits per heavy atom. The molecule has 0 unspecified atom stereocenters. The van der Waals surface area contributed by atoms with Crippen molar-refractivity contribution in [1.82, 2.24) is 14.5 Å². The van der Waals surface area contributed by atoms with Gasteiger partial charge in [-0.2, -0.15) is 0 Å². The number of amides is 3. The second-order valence-electron chi connectivity index (χ2n) is 9.98. The Labute approximate surface area is 233 Å². The molecule has 0 saturated carbocycles. The number of aryl methyl sites for hydroxylation is 1. The summed E-state index contributed by atoms with van der Waals surface area (Å²) in [7, 11) is 1.74. The van der Waals surface area contributed by atoms with Gasteiger partial charge in [-0.25, -0.2) is 4.98 Å². The molecule has 1 N–H and O–H groups in total. The molecular formula is C32H33N5O3. The topological polar surface area (TPSA) is 87.5 Å². The molecular weight excluding hydrogens is 502 g/mol. The zero-order valence-electron chi connectivity index (χ0n) is 22.7. The van der Waals surface area contributed by atoms with E-state index in [0.29, 0.717) is 54.2 Å². The van der Waals surface area contributed by atoms with Gasteiger partial charge in [0.2, 0.25) is 11.9 Å². The molecule has 3 aromatic carbocycles. The number of imidazole rings is 1. The Kier molecular flexibility index (Phi) is 8.05. The van der Waals surface area contributed by atoms with Crippen LogP contribution in [-0.2, 0) is 17.8 Å². The van der Waals surface area contributed by atoms with E-state index in [2.05, 4.69) is 11.9 Å². The van der Waals surface area contributed by atoms with Gasteiger partial charge in [0.25, 0.3) is 11.8 Å². The third-order valence-electron chi connectivity index (χ3n) is 7.22. The van der Waals surface area contributed by atoms with Crippen LogP contribution in [0.2, 0.25) is 0 Å². The first-order valence-corrected chi connectivity index (χ1v) is 13.6. The van der Waals surface area contributed by atoms with Gasteiger partial charge in [0.1, 0.15) is 0 Å². The maximum Gasteiger partial charge on any atom is 0.258 e. The number of hydrogen-bond acceptors (Lipinski definition) is 4. The monoisotopic (exact) mass is 535 g/mol. The van der Waals surface area contributed by atoms with Crippen LogP contribution in [0.3, 0.4) is 0 Å². The number of anilines is 2. The number of carbonyl (C=O) groups is 3. The third kappa shape index (κ3) is 5.81. The number of rotatable bonds is 10. The lowest BCUT2D eigenvalue weighted by Crippen LogP contribution is -2.26. The zero-order chi connectivity index (χ0) is 28.1. The van der Waals surface area contributed by atoms with Crippen LogP contribution in [0.15, 0.2) is 85.5 Å². The second kappa shape index (κ2) is 12.0. The first kappa shape index (κ1) is 26.9. The fraction of sp³-hybridized carbons (Fsp3) is 0.250. The fourth-order valence-electron chi connectivity index (χ4n) is 5.08. The summed E-state index contributed by atoms with van der Waals surface area (Å²) in [5.74, 6) is 0.242. The van der Waals surface area contributed by atoms with Gasteiger partial charge in [-0.1, -0.05) is 36.4 Å². The molecule has 1 aliphatic rings. The van der Waals surface area contributed by atoms with Gasteiger partial charge in [0.15, 0.2) is 0 Å². The number of benzene rings is 3. The summed E-state index contributed by atoms with van der Waals surface area (Å²) in [4.78, 5) is 46.6. The average Bonchev–Trinajstić information content (AvgIpc) is 3.54. The summed E-state index contributed by atoms with van der Waals surface area (Å²) in [6, 6.07) is 22.2. The number of fused-ring (bicyclic) bond motifs is 1. The lowest BCUT2D eigenvalue weighted by atomic mass is 10.1. The molecule has 0 spiro atoms. The summed E-state index contributed by atoms with van der Waals surface area (Å²) >= 11 is 0. The molecule has 40 heavy (non-hydrogen) atoms. The van der Waals surface area contributed by atoms with Gasteiger partial charge in [0, 0.05) is 49.9 Å². The number of carbonyl (C=O) groups excluding carboxylic acids is 3. The van der Waals surface area contributed by atoms with E-state index in [1.165, 1.54) is 0 Å². The summed E-state index contributed by atoms with van der Waals surface area (Å²) < 4.78 is 1.98. The van der Waals surface area contributed by atoms with Crippen molar-refractivity contribution in [3.63, 3.8) is 0 Å². The molecule has 0 radical (unpaired) electrons. The van der Waals surface area contributed by atoms with Crippen molar-refractivity contribution in [3.8, 4) is 0 Å². The van der Waals surface area contributed by atoms with Crippen LogP contribution in [-0.4, -0.2) is 52.3 Å². The van der Waals surface area contributed by atoms with E-state index in [1.54, 1.807) is 36.2 Å². The molecule has 1 aliphatic heterocycles. The Hall–Kier alpha value is -4.72. The lowest BCUT2D eigenvalue weighted by Gasteiger charge is -2.18. The van der Waals surface area contributed by atoms with Crippen molar-refractivity contribution >= 4 is 40.4 Å². The minimum atomic E-state index is -0.256. The van der Waals surface area contributed by atoms with E-state index in [9.17, 15) is 14.4 Å². The summed E-state index contributed by atoms with van der Waals surface area (Å²) in [6.45, 7) is 5.80. The molecule has 1 saturated heterocycles. The molecule has 3 amide bonds. The highest BCUT2D eigenvalue weighted by molar-refractivity contribution is 6.07. The molecule has 4 aromatic rings. The zero-order valence-corrected chi connectivity index (χ0v) is 22.7. The standard InChI is InChI=1S/C32H33N5O3/c1-3-10-23-11-7-14-25(21-23)30(39)34-32-33-27-22-26(35(2)31(40)24-12-5-4-6-13-24)16-17-28(27)37(32)20-9-19-36-18-8-15-29(36)38/h3-7,11-14,16-17,21-22H,1,8-10,15,18-20H2,2H3,(H,33,34,39). The van der Waals surface area contributed by atoms with Crippen molar-refractivity contribution in [2.75, 3.05) is 30.4 Å². The molecule has 1 fully saturated rings. The molecule has 0 bridgehead atoms. The predicted octanol–water partition coefficient (Wildman–Crippen LogP) is 5.31. The number of likely N-dealkylation sites (tertiary alicyclic amines) is 1. The Morgan fingerprint density at radius 1 is 1.02 bits per heavy atom. The predicted molar refractivity (Wildman–Crippen MR) is 158 cm³/mol. The molecule has 2 heterocycles. The average molecular weight is 536 g/mol. The number of allylic oxidation sites excluding steroid dienone is 1. The van der Waals surface area contributed by atoms with Gasteiger partial charge in [-0.05, 0) is 67.3 Å². The van der Waals surface area contributed by atoms with E-state index >= 15 is 0 Å². The van der Waals surface area contributed by atoms with Gasteiger partial charge in [-0.15, -0.1) is 6.58 Å². The normalized spacial score (nSPS) is 13.0. The maximum atomic E-state index is 13.3. The van der Waals surface area contributed by atoms with Gasteiger partial charge in [0.05, 0.1) is 11.0 Å². The first-order valence-electron chi connectivity index (χ1n) is 13.6. The lowest BCUT2D eigenvalue weighted by molar-refractivity contribution is -0.127. The maximum absolute atomic E-state index is 13.3. The summed E-state index contributed by atoms with van der Waals surface area (Å²) in [5, 5.41) is 3.00. The smallest absolute Gasteiger partial charge is 0.258 e. The molecule has 8 heteroatoms. The van der Waals surface area contributed by atoms with Crippen LogP contribution in [0.4, 0.5) is 11.6 Å². The highest BCUT2D eigenvalue weighted by Gasteiger charge is 2.21. The number of aromatic nitrogens is 2. The molecule has 8 nitrogen and oxygen atoms in total. The van der Waals surface area contributed by atoms with E-state index in [0.717, 1.165) is 30.5 Å². The van der Waals surface area contributed by atoms with Crippen LogP contribution < -0.4 is 10.2 Å². The van der Waals surface area contributed by atoms with Crippen molar-refractivity contribution in [1.29, 1.82) is 0 Å². The molecule has 5 rings (SSSR count). The van der Waals surface area contributed by atoms with E-state index in [4.69, 9.17) is 4.98 Å². The largest absolute Gasteiger partial charge is 0.343 e. The van der Waals surface area contributed by atoms with E-state index in [1.807, 2.05) is 64.1 Å². The fourth-order valence-corrected chi connectivity index (χ4v) is 5.08. The number of hydrogen-bond donors (Lipinski definition) is 1. The van der Waals surface area contributed by atoms with E-state index < -0.39 is 0 Å². The quantitative estimate of drug-likeness (QED) is 0.279. The summed E-state index contributed by atoms with van der Waals surface area (Å²) in [5.41, 5.74) is 4.34. The van der Waals surface area contributed by atoms with Crippen molar-refractivity contribution in [2.45, 2.75) is 32.2 Å². The van der Waals surface area contributed by atoms with Crippen LogP contribution in [0, 0.1) is 0 Å². The third-order valence-corrected chi connectivity index (χ3v) is 7.22. The van der Waals surface area contributed by atoms with Gasteiger partial charge >= 0.3 is 0 Å². The van der Waals surface area contributed by atoms with Gasteiger partial charge in [-0.3, -0.25) is 19.7 Å². The van der Waals surface area contributed by atoms with Crippen molar-refractivity contribution in [2.24, 2.45) is 0 Å². The first-order chi connectivity index (χ1) is 19.4. The number of nitrogens with zero attached hydrogens (tertiary/aromatic N) is 4. The van der Waals surface area contributed by atoms with Gasteiger partial charge < -0.3 is 14.4 Å². The van der Waals surface area contributed by atoms with Crippen LogP contribution in [0.5, 0.6) is 0 Å². The van der Waals surface area contributed by atoms with Crippen LogP contribution in [0.1, 0.15) is 45.5 Å². The van der Waals surface area contributed by atoms with E-state index in [-0.39, 0.29) is 17.7 Å². The molecule has 204 valence electrons. The summed E-state index contributed by atoms with van der Waals surface area (Å²) in [6.07, 6.45) is 4.71. The van der Waals surface area contributed by atoms with Crippen LogP contribution >= 0.6 is 0 Å². The minimum absolute atomic E-state index is 0.123.